The summed E-state index contributed by atoms with van der Waals surface area (Å²) < 4.78 is 6.88. The van der Waals surface area contributed by atoms with E-state index >= 15 is 0 Å². The smallest absolute Gasteiger partial charge is 0.252 e. The summed E-state index contributed by atoms with van der Waals surface area (Å²) in [6, 6.07) is 16.7. The van der Waals surface area contributed by atoms with Gasteiger partial charge in [0.05, 0.1) is 30.0 Å². The molecule has 0 radical (unpaired) electrons. The summed E-state index contributed by atoms with van der Waals surface area (Å²) in [5.41, 5.74) is 3.73. The molecular formula is C22H19ClN4O2. The van der Waals surface area contributed by atoms with Gasteiger partial charge in [-0.25, -0.2) is 4.98 Å². The first-order valence-corrected chi connectivity index (χ1v) is 9.43. The summed E-state index contributed by atoms with van der Waals surface area (Å²) in [7, 11) is 3.43. The molecule has 0 aliphatic rings. The maximum absolute atomic E-state index is 13.0. The van der Waals surface area contributed by atoms with Gasteiger partial charge in [-0.3, -0.25) is 9.48 Å². The highest BCUT2D eigenvalue weighted by molar-refractivity contribution is 6.30. The van der Waals surface area contributed by atoms with Crippen molar-refractivity contribution in [2.75, 3.05) is 7.11 Å². The van der Waals surface area contributed by atoms with Crippen molar-refractivity contribution in [1.82, 2.24) is 20.1 Å². The molecule has 0 bridgehead atoms. The second kappa shape index (κ2) is 7.93. The van der Waals surface area contributed by atoms with Gasteiger partial charge in [0.15, 0.2) is 5.65 Å². The molecule has 0 spiro atoms. The predicted octanol–water partition coefficient (Wildman–Crippen LogP) is 4.23. The van der Waals surface area contributed by atoms with E-state index in [9.17, 15) is 4.79 Å². The molecule has 6 nitrogen and oxygen atoms in total. The highest BCUT2D eigenvalue weighted by Crippen LogP contribution is 2.26. The monoisotopic (exact) mass is 406 g/mol. The number of nitrogens with one attached hydrogen (secondary N) is 1. The van der Waals surface area contributed by atoms with Crippen LogP contribution in [0.15, 0.2) is 60.8 Å². The summed E-state index contributed by atoms with van der Waals surface area (Å²) in [6.45, 7) is 0.401. The Morgan fingerprint density at radius 2 is 1.86 bits per heavy atom. The molecule has 29 heavy (non-hydrogen) atoms. The lowest BCUT2D eigenvalue weighted by Gasteiger charge is -2.10. The molecule has 0 saturated carbocycles. The van der Waals surface area contributed by atoms with Crippen molar-refractivity contribution in [3.63, 3.8) is 0 Å². The van der Waals surface area contributed by atoms with Crippen LogP contribution in [0.4, 0.5) is 0 Å². The van der Waals surface area contributed by atoms with Crippen molar-refractivity contribution in [3.8, 4) is 17.0 Å². The minimum Gasteiger partial charge on any atom is -0.497 e. The first-order valence-electron chi connectivity index (χ1n) is 9.05. The van der Waals surface area contributed by atoms with E-state index in [4.69, 9.17) is 21.3 Å². The number of hydrogen-bond acceptors (Lipinski definition) is 4. The van der Waals surface area contributed by atoms with Crippen molar-refractivity contribution >= 4 is 28.5 Å². The number of ether oxygens (including phenoxy) is 1. The molecule has 1 N–H and O–H groups in total. The lowest BCUT2D eigenvalue weighted by atomic mass is 10.1. The zero-order valence-corrected chi connectivity index (χ0v) is 16.8. The van der Waals surface area contributed by atoms with Crippen LogP contribution in [-0.4, -0.2) is 27.8 Å². The minimum absolute atomic E-state index is 0.185. The molecule has 0 fully saturated rings. The van der Waals surface area contributed by atoms with Crippen LogP contribution < -0.4 is 10.1 Å². The average molecular weight is 407 g/mol. The van der Waals surface area contributed by atoms with Gasteiger partial charge < -0.3 is 10.1 Å². The van der Waals surface area contributed by atoms with Gasteiger partial charge in [-0.15, -0.1) is 0 Å². The number of aromatic nitrogens is 3. The number of benzene rings is 2. The topological polar surface area (TPSA) is 69.0 Å². The van der Waals surface area contributed by atoms with E-state index in [0.717, 1.165) is 16.9 Å². The zero-order chi connectivity index (χ0) is 20.4. The fourth-order valence-corrected chi connectivity index (χ4v) is 3.22. The largest absolute Gasteiger partial charge is 0.497 e. The Morgan fingerprint density at radius 3 is 2.55 bits per heavy atom. The lowest BCUT2D eigenvalue weighted by molar-refractivity contribution is 0.0952. The quantitative estimate of drug-likeness (QED) is 0.538. The van der Waals surface area contributed by atoms with Crippen LogP contribution in [0.25, 0.3) is 22.3 Å². The molecule has 0 saturated heterocycles. The van der Waals surface area contributed by atoms with Crippen molar-refractivity contribution in [1.29, 1.82) is 0 Å². The molecule has 0 unspecified atom stereocenters. The predicted molar refractivity (Wildman–Crippen MR) is 113 cm³/mol. The average Bonchev–Trinajstić information content (AvgIpc) is 3.13. The molecule has 2 aromatic carbocycles. The molecule has 1 amide bonds. The van der Waals surface area contributed by atoms with E-state index in [2.05, 4.69) is 10.4 Å². The summed E-state index contributed by atoms with van der Waals surface area (Å²) in [5.74, 6) is 0.575. The van der Waals surface area contributed by atoms with Crippen LogP contribution in [0.5, 0.6) is 5.75 Å². The fraction of sp³-hybridized carbons (Fsp3) is 0.136. The van der Waals surface area contributed by atoms with Gasteiger partial charge in [0.2, 0.25) is 0 Å². The second-order valence-electron chi connectivity index (χ2n) is 6.60. The normalized spacial score (nSPS) is 10.9. The second-order valence-corrected chi connectivity index (χ2v) is 7.03. The summed E-state index contributed by atoms with van der Waals surface area (Å²) in [4.78, 5) is 17.7. The Balaban J connectivity index is 1.68. The number of amides is 1. The highest BCUT2D eigenvalue weighted by Gasteiger charge is 2.16. The Hall–Kier alpha value is -3.38. The Kier molecular flexibility index (Phi) is 5.18. The summed E-state index contributed by atoms with van der Waals surface area (Å²) in [5, 5.41) is 8.60. The maximum Gasteiger partial charge on any atom is 0.252 e. The standard InChI is InChI=1S/C22H19ClN4O2/c1-27-21-19(13-25-27)18(22(28)24-12-14-3-7-16(23)8-4-14)11-20(26-21)15-5-9-17(29-2)10-6-15/h3-11,13H,12H2,1-2H3,(H,24,28). The van der Waals surface area contributed by atoms with Crippen LogP contribution >= 0.6 is 11.6 Å². The Labute approximate surface area is 173 Å². The number of methoxy groups -OCH3 is 1. The molecule has 0 atom stereocenters. The molecular weight excluding hydrogens is 388 g/mol. The van der Waals surface area contributed by atoms with Crippen LogP contribution in [0, 0.1) is 0 Å². The van der Waals surface area contributed by atoms with Gasteiger partial charge in [0.1, 0.15) is 5.75 Å². The number of nitrogens with zero attached hydrogens (tertiary/aromatic N) is 3. The molecule has 0 aliphatic heterocycles. The number of fused-ring (bicyclic) bond motifs is 1. The first-order chi connectivity index (χ1) is 14.0. The number of aryl methyl sites for hydroxylation is 1. The number of rotatable bonds is 5. The molecule has 2 aromatic heterocycles. The molecule has 4 rings (SSSR count). The number of carbonyl (C=O) groups excluding carboxylic acids is 1. The van der Waals surface area contributed by atoms with Gasteiger partial charge in [-0.2, -0.15) is 5.10 Å². The first kappa shape index (κ1) is 19.0. The van der Waals surface area contributed by atoms with E-state index in [1.54, 1.807) is 36.2 Å². The minimum atomic E-state index is -0.185. The number of carbonyl (C=O) groups is 1. The third-order valence-electron chi connectivity index (χ3n) is 4.70. The highest BCUT2D eigenvalue weighted by atomic mass is 35.5. The van der Waals surface area contributed by atoms with E-state index in [-0.39, 0.29) is 5.91 Å². The number of pyridine rings is 1. The SMILES string of the molecule is COc1ccc(-c2cc(C(=O)NCc3ccc(Cl)cc3)c3cnn(C)c3n2)cc1. The fourth-order valence-electron chi connectivity index (χ4n) is 3.09. The van der Waals surface area contributed by atoms with Crippen molar-refractivity contribution < 1.29 is 9.53 Å². The summed E-state index contributed by atoms with van der Waals surface area (Å²) >= 11 is 5.92. The van der Waals surface area contributed by atoms with E-state index < -0.39 is 0 Å². The summed E-state index contributed by atoms with van der Waals surface area (Å²) in [6.07, 6.45) is 1.66. The zero-order valence-electron chi connectivity index (χ0n) is 16.0. The third-order valence-corrected chi connectivity index (χ3v) is 4.95. The molecule has 4 aromatic rings. The van der Waals surface area contributed by atoms with E-state index in [1.807, 2.05) is 43.4 Å². The van der Waals surface area contributed by atoms with Crippen molar-refractivity contribution in [2.24, 2.45) is 7.05 Å². The Bertz CT molecular complexity index is 1170. The third kappa shape index (κ3) is 3.93. The van der Waals surface area contributed by atoms with Gasteiger partial charge in [-0.1, -0.05) is 23.7 Å². The molecule has 146 valence electrons. The molecule has 0 aliphatic carbocycles. The maximum atomic E-state index is 13.0. The molecule has 2 heterocycles. The van der Waals surface area contributed by atoms with Crippen LogP contribution in [0.3, 0.4) is 0 Å². The number of hydrogen-bond donors (Lipinski definition) is 1. The van der Waals surface area contributed by atoms with Crippen LogP contribution in [0.2, 0.25) is 5.02 Å². The van der Waals surface area contributed by atoms with Crippen molar-refractivity contribution in [3.05, 3.63) is 76.9 Å². The van der Waals surface area contributed by atoms with Gasteiger partial charge in [0.25, 0.3) is 5.91 Å². The van der Waals surface area contributed by atoms with Crippen LogP contribution in [0.1, 0.15) is 15.9 Å². The van der Waals surface area contributed by atoms with E-state index in [0.29, 0.717) is 33.9 Å². The van der Waals surface area contributed by atoms with Crippen molar-refractivity contribution in [2.45, 2.75) is 6.54 Å². The van der Waals surface area contributed by atoms with E-state index in [1.165, 1.54) is 0 Å². The number of halogens is 1. The van der Waals surface area contributed by atoms with Gasteiger partial charge >= 0.3 is 0 Å². The van der Waals surface area contributed by atoms with Crippen LogP contribution in [-0.2, 0) is 13.6 Å². The lowest BCUT2D eigenvalue weighted by Crippen LogP contribution is -2.23. The van der Waals surface area contributed by atoms with Gasteiger partial charge in [-0.05, 0) is 48.0 Å². The Morgan fingerprint density at radius 1 is 1.14 bits per heavy atom. The van der Waals surface area contributed by atoms with Gasteiger partial charge in [0, 0.05) is 24.2 Å². The molecule has 7 heteroatoms.